The zero-order chi connectivity index (χ0) is 23.7. The van der Waals surface area contributed by atoms with E-state index in [2.05, 4.69) is 41.4 Å². The second kappa shape index (κ2) is 10.1. The van der Waals surface area contributed by atoms with Gasteiger partial charge < -0.3 is 15.2 Å². The highest BCUT2D eigenvalue weighted by Gasteiger charge is 2.42. The molecule has 176 valence electrons. The molecule has 3 heterocycles. The highest BCUT2D eigenvalue weighted by molar-refractivity contribution is 8.03. The van der Waals surface area contributed by atoms with Crippen LogP contribution < -0.4 is 0 Å². The molecule has 4 atom stereocenters. The molecule has 2 unspecified atom stereocenters. The number of allylic oxidation sites excluding steroid dienone is 3. The monoisotopic (exact) mass is 486 g/mol. The number of thioether (sulfide) groups is 1. The molecule has 1 fully saturated rings. The number of nitrogens with one attached hydrogen (secondary N) is 1. The fraction of sp³-hybridized carbons (Fsp3) is 0.462. The van der Waals surface area contributed by atoms with Crippen LogP contribution in [-0.2, 0) is 0 Å². The molecule has 1 N–H and O–H groups in total. The second-order valence-electron chi connectivity index (χ2n) is 9.14. The van der Waals surface area contributed by atoms with Crippen molar-refractivity contribution >= 4 is 34.9 Å². The highest BCUT2D eigenvalue weighted by atomic mass is 35.5. The summed E-state index contributed by atoms with van der Waals surface area (Å²) < 4.78 is 13.4. The van der Waals surface area contributed by atoms with E-state index in [4.69, 9.17) is 22.0 Å². The third-order valence-corrected chi connectivity index (χ3v) is 7.94. The van der Waals surface area contributed by atoms with Crippen LogP contribution in [-0.4, -0.2) is 46.5 Å². The standard InChI is InChI=1S/C26H32ClFN4S/c1-5-18-14-22-23(21(29)8-6-7-17(3)28)24(19-10-9-16(2)13-20(19)27)30-25(32(22)15-18)26-31(4)11-12-33-26/h6,8-13,17-18,24,26,29H,5,7,14-15H2,1-4H3/b8-6-,29-21?/t17?,18-,24-,26?/m0/s1. The van der Waals surface area contributed by atoms with Crippen molar-refractivity contribution in [3.8, 4) is 0 Å². The fourth-order valence-electron chi connectivity index (χ4n) is 4.67. The summed E-state index contributed by atoms with van der Waals surface area (Å²) in [5.41, 5.74) is 4.45. The van der Waals surface area contributed by atoms with E-state index in [1.807, 2.05) is 19.1 Å². The predicted molar refractivity (Wildman–Crippen MR) is 139 cm³/mol. The van der Waals surface area contributed by atoms with Gasteiger partial charge in [-0.2, -0.15) is 0 Å². The lowest BCUT2D eigenvalue weighted by atomic mass is 9.89. The molecule has 3 aliphatic rings. The Hall–Kier alpha value is -2.05. The van der Waals surface area contributed by atoms with Crippen LogP contribution in [0.25, 0.3) is 0 Å². The number of fused-ring (bicyclic) bond motifs is 1. The molecule has 1 aromatic rings. The first-order valence-electron chi connectivity index (χ1n) is 11.6. The number of halogens is 2. The van der Waals surface area contributed by atoms with Crippen LogP contribution in [0.4, 0.5) is 4.39 Å². The first kappa shape index (κ1) is 24.1. The van der Waals surface area contributed by atoms with Crippen LogP contribution in [0.15, 0.2) is 58.2 Å². The molecule has 0 aliphatic carbocycles. The first-order valence-corrected chi connectivity index (χ1v) is 12.9. The van der Waals surface area contributed by atoms with Crippen molar-refractivity contribution in [3.05, 3.63) is 69.4 Å². The number of aliphatic imine (C=N–C) groups is 1. The number of benzene rings is 1. The van der Waals surface area contributed by atoms with Gasteiger partial charge in [0, 0.05) is 36.1 Å². The Morgan fingerprint density at radius 3 is 2.85 bits per heavy atom. The van der Waals surface area contributed by atoms with Gasteiger partial charge in [-0.1, -0.05) is 54.9 Å². The molecular formula is C26H32ClFN4S. The molecule has 0 aromatic heterocycles. The molecule has 1 aromatic carbocycles. The average molecular weight is 487 g/mol. The van der Waals surface area contributed by atoms with Gasteiger partial charge in [-0.15, -0.1) is 0 Å². The minimum absolute atomic E-state index is 0.0981. The number of hydrogen-bond donors (Lipinski definition) is 1. The number of hydrogen-bond acceptors (Lipinski definition) is 5. The lowest BCUT2D eigenvalue weighted by Gasteiger charge is -2.37. The third kappa shape index (κ3) is 4.92. The van der Waals surface area contributed by atoms with Gasteiger partial charge in [-0.25, -0.2) is 4.39 Å². The maximum atomic E-state index is 13.4. The Labute approximate surface area is 205 Å². The molecule has 33 heavy (non-hydrogen) atoms. The summed E-state index contributed by atoms with van der Waals surface area (Å²) in [6.45, 7) is 6.69. The number of rotatable bonds is 7. The molecule has 0 amide bonds. The molecule has 1 saturated heterocycles. The van der Waals surface area contributed by atoms with Crippen molar-refractivity contribution in [2.75, 3.05) is 13.6 Å². The lowest BCUT2D eigenvalue weighted by molar-refractivity contribution is 0.365. The van der Waals surface area contributed by atoms with E-state index in [-0.39, 0.29) is 11.4 Å². The molecule has 0 spiro atoms. The zero-order valence-electron chi connectivity index (χ0n) is 19.7. The van der Waals surface area contributed by atoms with E-state index in [9.17, 15) is 4.39 Å². The molecule has 4 nitrogen and oxygen atoms in total. The quantitative estimate of drug-likeness (QED) is 0.427. The van der Waals surface area contributed by atoms with Crippen LogP contribution in [0.3, 0.4) is 0 Å². The van der Waals surface area contributed by atoms with Gasteiger partial charge in [0.2, 0.25) is 0 Å². The predicted octanol–water partition coefficient (Wildman–Crippen LogP) is 6.89. The summed E-state index contributed by atoms with van der Waals surface area (Å²) in [7, 11) is 2.08. The molecule has 7 heteroatoms. The summed E-state index contributed by atoms with van der Waals surface area (Å²) in [4.78, 5) is 9.81. The van der Waals surface area contributed by atoms with Gasteiger partial charge in [0.1, 0.15) is 23.4 Å². The Balaban J connectivity index is 1.84. The summed E-state index contributed by atoms with van der Waals surface area (Å²) in [5.74, 6) is 1.54. The van der Waals surface area contributed by atoms with Crippen molar-refractivity contribution in [1.29, 1.82) is 5.41 Å². The Morgan fingerprint density at radius 1 is 1.42 bits per heavy atom. The van der Waals surface area contributed by atoms with Crippen molar-refractivity contribution < 1.29 is 4.39 Å². The van der Waals surface area contributed by atoms with Crippen LogP contribution in [0.5, 0.6) is 0 Å². The summed E-state index contributed by atoms with van der Waals surface area (Å²) >= 11 is 8.50. The third-order valence-electron chi connectivity index (χ3n) is 6.53. The van der Waals surface area contributed by atoms with Crippen LogP contribution in [0, 0.1) is 18.3 Å². The Kier molecular flexibility index (Phi) is 7.34. The summed E-state index contributed by atoms with van der Waals surface area (Å²) in [6, 6.07) is 5.70. The van der Waals surface area contributed by atoms with Gasteiger partial charge in [0.05, 0.1) is 5.71 Å². The summed E-state index contributed by atoms with van der Waals surface area (Å²) in [6.07, 6.45) is 6.94. The molecule has 0 radical (unpaired) electrons. The van der Waals surface area contributed by atoms with Crippen molar-refractivity contribution in [2.24, 2.45) is 10.9 Å². The molecule has 4 rings (SSSR count). The van der Waals surface area contributed by atoms with Gasteiger partial charge >= 0.3 is 0 Å². The van der Waals surface area contributed by atoms with Gasteiger partial charge in [-0.3, -0.25) is 4.99 Å². The van der Waals surface area contributed by atoms with E-state index in [1.54, 1.807) is 23.9 Å². The van der Waals surface area contributed by atoms with E-state index in [1.165, 1.54) is 6.92 Å². The molecule has 3 aliphatic heterocycles. The number of likely N-dealkylation sites (N-methyl/N-ethyl adjacent to an activating group) is 1. The van der Waals surface area contributed by atoms with E-state index in [0.717, 1.165) is 47.6 Å². The van der Waals surface area contributed by atoms with Gasteiger partial charge in [0.15, 0.2) is 0 Å². The normalized spacial score (nSPS) is 25.8. The smallest absolute Gasteiger partial charge is 0.138 e. The Bertz CT molecular complexity index is 1040. The minimum atomic E-state index is -0.931. The average Bonchev–Trinajstić information content (AvgIpc) is 3.38. The Morgan fingerprint density at radius 2 is 2.21 bits per heavy atom. The molecule has 0 saturated carbocycles. The first-order chi connectivity index (χ1) is 15.8. The van der Waals surface area contributed by atoms with Gasteiger partial charge in [-0.05, 0) is 61.3 Å². The minimum Gasteiger partial charge on any atom is -0.361 e. The van der Waals surface area contributed by atoms with E-state index < -0.39 is 6.17 Å². The number of nitrogens with zero attached hydrogens (tertiary/aromatic N) is 3. The van der Waals surface area contributed by atoms with Crippen LogP contribution >= 0.6 is 23.4 Å². The number of aryl methyl sites for hydroxylation is 1. The fourth-order valence-corrected chi connectivity index (χ4v) is 5.99. The zero-order valence-corrected chi connectivity index (χ0v) is 21.3. The summed E-state index contributed by atoms with van der Waals surface area (Å²) in [5, 5.41) is 11.8. The van der Waals surface area contributed by atoms with Gasteiger partial charge in [0.25, 0.3) is 0 Å². The maximum Gasteiger partial charge on any atom is 0.138 e. The van der Waals surface area contributed by atoms with Crippen molar-refractivity contribution in [2.45, 2.75) is 57.6 Å². The maximum absolute atomic E-state index is 13.4. The highest BCUT2D eigenvalue weighted by Crippen LogP contribution is 2.45. The molecule has 0 bridgehead atoms. The topological polar surface area (TPSA) is 42.7 Å². The van der Waals surface area contributed by atoms with Crippen molar-refractivity contribution in [1.82, 2.24) is 9.80 Å². The van der Waals surface area contributed by atoms with E-state index in [0.29, 0.717) is 23.1 Å². The number of alkyl halides is 1. The van der Waals surface area contributed by atoms with E-state index >= 15 is 0 Å². The largest absolute Gasteiger partial charge is 0.361 e. The second-order valence-corrected chi connectivity index (χ2v) is 10.5. The van der Waals surface area contributed by atoms with Crippen LogP contribution in [0.2, 0.25) is 5.02 Å². The SMILES string of the molecule is CC[C@H]1CC2=C(C(=N)/C=C\CC(C)F)[C@H](c3ccc(C)cc3Cl)N=C(C3SC=CN3C)N2C1. The number of amidine groups is 1. The van der Waals surface area contributed by atoms with Crippen LogP contribution in [0.1, 0.15) is 50.3 Å². The molecular weight excluding hydrogens is 455 g/mol. The van der Waals surface area contributed by atoms with Crippen molar-refractivity contribution in [3.63, 3.8) is 0 Å². The lowest BCUT2D eigenvalue weighted by Crippen LogP contribution is -2.44.